The average molecular weight is 167 g/mol. The van der Waals surface area contributed by atoms with E-state index in [2.05, 4.69) is 0 Å². The largest absolute Gasteiger partial charge is 0.550 e. The third-order valence-electron chi connectivity index (χ3n) is 1.71. The summed E-state index contributed by atoms with van der Waals surface area (Å²) in [6.45, 7) is 1.55. The Kier molecular flexibility index (Phi) is 2.43. The molecule has 2 nitrogen and oxygen atoms in total. The van der Waals surface area contributed by atoms with Crippen LogP contribution in [0.5, 0.6) is 0 Å². The molecular formula is C9H8FO2-. The average Bonchev–Trinajstić information content (AvgIpc) is 1.98. The Labute approximate surface area is 69.6 Å². The Morgan fingerprint density at radius 1 is 1.58 bits per heavy atom. The van der Waals surface area contributed by atoms with Gasteiger partial charge in [0, 0.05) is 12.4 Å². The predicted molar refractivity (Wildman–Crippen MR) is 39.8 cm³/mol. The maximum atomic E-state index is 12.8. The van der Waals surface area contributed by atoms with Crippen LogP contribution in [0.4, 0.5) is 4.39 Å². The van der Waals surface area contributed by atoms with Crippen LogP contribution in [0.3, 0.4) is 0 Å². The Balaban J connectivity index is 3.00. The monoisotopic (exact) mass is 167 g/mol. The topological polar surface area (TPSA) is 40.1 Å². The molecule has 0 fully saturated rings. The van der Waals surface area contributed by atoms with Gasteiger partial charge in [-0.3, -0.25) is 0 Å². The van der Waals surface area contributed by atoms with E-state index in [-0.39, 0.29) is 12.2 Å². The summed E-state index contributed by atoms with van der Waals surface area (Å²) in [4.78, 5) is 10.2. The zero-order valence-corrected chi connectivity index (χ0v) is 6.63. The van der Waals surface area contributed by atoms with Crippen molar-refractivity contribution in [2.24, 2.45) is 0 Å². The van der Waals surface area contributed by atoms with E-state index < -0.39 is 5.97 Å². The van der Waals surface area contributed by atoms with Gasteiger partial charge in [-0.25, -0.2) is 4.39 Å². The van der Waals surface area contributed by atoms with E-state index in [9.17, 15) is 14.3 Å². The molecule has 1 rings (SSSR count). The van der Waals surface area contributed by atoms with E-state index >= 15 is 0 Å². The van der Waals surface area contributed by atoms with Crippen molar-refractivity contribution in [2.45, 2.75) is 13.3 Å². The summed E-state index contributed by atoms with van der Waals surface area (Å²) in [5.74, 6) is -1.57. The van der Waals surface area contributed by atoms with Crippen LogP contribution in [-0.2, 0) is 11.2 Å². The fourth-order valence-electron chi connectivity index (χ4n) is 0.999. The first kappa shape index (κ1) is 8.71. The van der Waals surface area contributed by atoms with Gasteiger partial charge in [0.2, 0.25) is 0 Å². The van der Waals surface area contributed by atoms with Crippen LogP contribution in [0.15, 0.2) is 18.2 Å². The second kappa shape index (κ2) is 3.34. The minimum absolute atomic E-state index is 0.233. The van der Waals surface area contributed by atoms with Gasteiger partial charge in [-0.05, 0) is 24.1 Å². The van der Waals surface area contributed by atoms with Crippen molar-refractivity contribution < 1.29 is 14.3 Å². The SMILES string of the molecule is Cc1c(F)cccc1CC(=O)[O-]. The van der Waals surface area contributed by atoms with E-state index in [0.29, 0.717) is 11.1 Å². The fraction of sp³-hybridized carbons (Fsp3) is 0.222. The Bertz CT molecular complexity index is 307. The molecule has 0 aliphatic carbocycles. The number of carbonyl (C=O) groups is 1. The lowest BCUT2D eigenvalue weighted by Gasteiger charge is -2.06. The van der Waals surface area contributed by atoms with Gasteiger partial charge in [0.15, 0.2) is 0 Å². The Morgan fingerprint density at radius 3 is 2.83 bits per heavy atom. The number of carbonyl (C=O) groups excluding carboxylic acids is 1. The third kappa shape index (κ3) is 1.81. The normalized spacial score (nSPS) is 9.83. The molecule has 0 radical (unpaired) electrons. The van der Waals surface area contributed by atoms with E-state index in [0.717, 1.165) is 0 Å². The number of hydrogen-bond acceptors (Lipinski definition) is 2. The van der Waals surface area contributed by atoms with Crippen LogP contribution < -0.4 is 5.11 Å². The van der Waals surface area contributed by atoms with Crippen LogP contribution in [-0.4, -0.2) is 5.97 Å². The molecular weight excluding hydrogens is 159 g/mol. The quantitative estimate of drug-likeness (QED) is 0.640. The maximum absolute atomic E-state index is 12.8. The summed E-state index contributed by atoms with van der Waals surface area (Å²) in [7, 11) is 0. The van der Waals surface area contributed by atoms with Crippen molar-refractivity contribution in [3.63, 3.8) is 0 Å². The highest BCUT2D eigenvalue weighted by Crippen LogP contribution is 2.11. The van der Waals surface area contributed by atoms with Gasteiger partial charge in [0.05, 0.1) is 0 Å². The molecule has 0 bridgehead atoms. The zero-order valence-electron chi connectivity index (χ0n) is 6.63. The minimum atomic E-state index is -1.19. The molecule has 1 aromatic carbocycles. The summed E-state index contributed by atoms with van der Waals surface area (Å²) in [5, 5.41) is 10.2. The van der Waals surface area contributed by atoms with E-state index in [1.54, 1.807) is 13.0 Å². The van der Waals surface area contributed by atoms with Crippen molar-refractivity contribution >= 4 is 5.97 Å². The number of halogens is 1. The molecule has 0 aliphatic rings. The molecule has 0 amide bonds. The molecule has 0 saturated heterocycles. The van der Waals surface area contributed by atoms with Crippen molar-refractivity contribution in [2.75, 3.05) is 0 Å². The molecule has 0 saturated carbocycles. The second-order valence-electron chi connectivity index (χ2n) is 2.57. The van der Waals surface area contributed by atoms with E-state index in [1.807, 2.05) is 0 Å². The van der Waals surface area contributed by atoms with E-state index in [4.69, 9.17) is 0 Å². The molecule has 3 heteroatoms. The lowest BCUT2D eigenvalue weighted by Crippen LogP contribution is -2.24. The van der Waals surface area contributed by atoms with Gasteiger partial charge in [-0.1, -0.05) is 12.1 Å². The van der Waals surface area contributed by atoms with Gasteiger partial charge in [-0.2, -0.15) is 0 Å². The number of carboxylic acid groups (broad SMARTS) is 1. The van der Waals surface area contributed by atoms with Crippen LogP contribution in [0, 0.1) is 12.7 Å². The summed E-state index contributed by atoms with van der Waals surface area (Å²) in [6, 6.07) is 4.36. The van der Waals surface area contributed by atoms with Crippen molar-refractivity contribution in [1.82, 2.24) is 0 Å². The lowest BCUT2D eigenvalue weighted by molar-refractivity contribution is -0.304. The van der Waals surface area contributed by atoms with Gasteiger partial charge >= 0.3 is 0 Å². The number of aliphatic carboxylic acids is 1. The first-order valence-electron chi connectivity index (χ1n) is 3.55. The van der Waals surface area contributed by atoms with Gasteiger partial charge < -0.3 is 9.90 Å². The highest BCUT2D eigenvalue weighted by atomic mass is 19.1. The zero-order chi connectivity index (χ0) is 9.14. The van der Waals surface area contributed by atoms with Gasteiger partial charge in [-0.15, -0.1) is 0 Å². The summed E-state index contributed by atoms with van der Waals surface area (Å²) in [5.41, 5.74) is 0.844. The predicted octanol–water partition coefficient (Wildman–Crippen LogP) is 0.427. The van der Waals surface area contributed by atoms with Crippen LogP contribution >= 0.6 is 0 Å². The van der Waals surface area contributed by atoms with E-state index in [1.165, 1.54) is 12.1 Å². The molecule has 0 aromatic heterocycles. The Hall–Kier alpha value is -1.38. The number of hydrogen-bond donors (Lipinski definition) is 0. The maximum Gasteiger partial charge on any atom is 0.126 e. The summed E-state index contributed by atoms with van der Waals surface area (Å²) in [6.07, 6.45) is -0.233. The van der Waals surface area contributed by atoms with Crippen molar-refractivity contribution in [3.05, 3.63) is 35.1 Å². The highest BCUT2D eigenvalue weighted by molar-refractivity contribution is 5.68. The standard InChI is InChI=1S/C9H9FO2/c1-6-7(5-9(11)12)3-2-4-8(6)10/h2-4H,5H2,1H3,(H,11,12)/p-1. The van der Waals surface area contributed by atoms with Crippen LogP contribution in [0.1, 0.15) is 11.1 Å². The molecule has 0 aliphatic heterocycles. The van der Waals surface area contributed by atoms with Crippen LogP contribution in [0.25, 0.3) is 0 Å². The minimum Gasteiger partial charge on any atom is -0.550 e. The smallest absolute Gasteiger partial charge is 0.126 e. The Morgan fingerprint density at radius 2 is 2.25 bits per heavy atom. The molecule has 0 atom stereocenters. The first-order valence-corrected chi connectivity index (χ1v) is 3.55. The molecule has 0 N–H and O–H groups in total. The first-order chi connectivity index (χ1) is 5.61. The summed E-state index contributed by atoms with van der Waals surface area (Å²) >= 11 is 0. The molecule has 0 unspecified atom stereocenters. The number of rotatable bonds is 2. The number of carboxylic acids is 1. The van der Waals surface area contributed by atoms with Crippen molar-refractivity contribution in [3.8, 4) is 0 Å². The van der Waals surface area contributed by atoms with Gasteiger partial charge in [0.25, 0.3) is 0 Å². The fourth-order valence-corrected chi connectivity index (χ4v) is 0.999. The van der Waals surface area contributed by atoms with Gasteiger partial charge in [0.1, 0.15) is 5.82 Å². The third-order valence-corrected chi connectivity index (χ3v) is 1.71. The molecule has 12 heavy (non-hydrogen) atoms. The molecule has 1 aromatic rings. The number of benzene rings is 1. The lowest BCUT2D eigenvalue weighted by atomic mass is 10.1. The summed E-state index contributed by atoms with van der Waals surface area (Å²) < 4.78 is 12.8. The molecule has 64 valence electrons. The second-order valence-corrected chi connectivity index (χ2v) is 2.57. The van der Waals surface area contributed by atoms with Crippen molar-refractivity contribution in [1.29, 1.82) is 0 Å². The van der Waals surface area contributed by atoms with Crippen LogP contribution in [0.2, 0.25) is 0 Å². The highest BCUT2D eigenvalue weighted by Gasteiger charge is 2.02. The molecule has 0 spiro atoms. The molecule has 0 heterocycles.